The molecule has 0 radical (unpaired) electrons. The van der Waals surface area contributed by atoms with Gasteiger partial charge in [-0.15, -0.1) is 0 Å². The van der Waals surface area contributed by atoms with Gasteiger partial charge in [0.25, 0.3) is 0 Å². The number of sulfone groups is 1. The molecule has 0 fully saturated rings. The van der Waals surface area contributed by atoms with Crippen LogP contribution in [0.15, 0.2) is 23.9 Å². The van der Waals surface area contributed by atoms with Gasteiger partial charge < -0.3 is 4.57 Å². The van der Waals surface area contributed by atoms with Gasteiger partial charge in [-0.3, -0.25) is 0 Å². The van der Waals surface area contributed by atoms with E-state index in [0.29, 0.717) is 12.4 Å². The molecule has 2 aromatic heterocycles. The molecule has 7 nitrogen and oxygen atoms in total. The molecular formula is C10H15N5O2S. The van der Waals surface area contributed by atoms with Crippen molar-refractivity contribution in [2.45, 2.75) is 31.6 Å². The first-order valence-corrected chi connectivity index (χ1v) is 7.38. The minimum absolute atomic E-state index is 0.0424. The molecule has 0 spiro atoms. The summed E-state index contributed by atoms with van der Waals surface area (Å²) >= 11 is 0. The highest BCUT2D eigenvalue weighted by atomic mass is 32.2. The summed E-state index contributed by atoms with van der Waals surface area (Å²) in [7, 11) is -3.33. The number of imidazole rings is 1. The second kappa shape index (κ2) is 4.52. The molecule has 2 aromatic rings. The Labute approximate surface area is 105 Å². The van der Waals surface area contributed by atoms with Crippen molar-refractivity contribution in [2.75, 3.05) is 6.26 Å². The van der Waals surface area contributed by atoms with Gasteiger partial charge in [0.05, 0.1) is 6.54 Å². The average Bonchev–Trinajstić information content (AvgIpc) is 2.85. The van der Waals surface area contributed by atoms with Crippen LogP contribution < -0.4 is 0 Å². The normalized spacial score (nSPS) is 12.2. The van der Waals surface area contributed by atoms with Gasteiger partial charge >= 0.3 is 0 Å². The largest absolute Gasteiger partial charge is 0.314 e. The first-order valence-electron chi connectivity index (χ1n) is 5.49. The first kappa shape index (κ1) is 12.7. The molecule has 2 rings (SSSR count). The van der Waals surface area contributed by atoms with Crippen LogP contribution >= 0.6 is 0 Å². The van der Waals surface area contributed by atoms with Crippen LogP contribution in [0, 0.1) is 0 Å². The molecule has 0 aliphatic rings. The quantitative estimate of drug-likeness (QED) is 0.807. The summed E-state index contributed by atoms with van der Waals surface area (Å²) < 4.78 is 26.4. The van der Waals surface area contributed by atoms with Crippen LogP contribution in [0.25, 0.3) is 0 Å². The lowest BCUT2D eigenvalue weighted by Crippen LogP contribution is -2.15. The van der Waals surface area contributed by atoms with Crippen LogP contribution in [-0.2, 0) is 16.4 Å². The summed E-state index contributed by atoms with van der Waals surface area (Å²) in [6, 6.07) is 0.174. The molecule has 98 valence electrons. The van der Waals surface area contributed by atoms with Crippen molar-refractivity contribution in [1.82, 2.24) is 24.3 Å². The van der Waals surface area contributed by atoms with E-state index in [1.54, 1.807) is 15.4 Å². The van der Waals surface area contributed by atoms with Crippen molar-refractivity contribution in [3.8, 4) is 0 Å². The Morgan fingerprint density at radius 1 is 1.33 bits per heavy atom. The van der Waals surface area contributed by atoms with Crippen molar-refractivity contribution < 1.29 is 8.42 Å². The maximum atomic E-state index is 11.5. The van der Waals surface area contributed by atoms with E-state index in [9.17, 15) is 8.42 Å². The third-order valence-electron chi connectivity index (χ3n) is 2.46. The summed E-state index contributed by atoms with van der Waals surface area (Å²) in [5, 5.41) is 4.15. The standard InChI is InChI=1S/C10H15N5O2S/c1-8(2)15-9(12-7-13-15)6-14-5-4-11-10(14)18(3,16)17/h4-5,7-8H,6H2,1-3H3. The van der Waals surface area contributed by atoms with Crippen LogP contribution in [0.5, 0.6) is 0 Å². The van der Waals surface area contributed by atoms with E-state index in [-0.39, 0.29) is 11.2 Å². The lowest BCUT2D eigenvalue weighted by molar-refractivity contribution is 0.488. The Morgan fingerprint density at radius 2 is 2.06 bits per heavy atom. The first-order chi connectivity index (χ1) is 8.39. The number of hydrogen-bond acceptors (Lipinski definition) is 5. The van der Waals surface area contributed by atoms with Gasteiger partial charge in [0, 0.05) is 24.7 Å². The van der Waals surface area contributed by atoms with Crippen LogP contribution in [0.1, 0.15) is 25.7 Å². The zero-order valence-electron chi connectivity index (χ0n) is 10.5. The Hall–Kier alpha value is -1.70. The minimum atomic E-state index is -3.33. The monoisotopic (exact) mass is 269 g/mol. The minimum Gasteiger partial charge on any atom is -0.314 e. The van der Waals surface area contributed by atoms with Crippen LogP contribution in [-0.4, -0.2) is 39.0 Å². The summed E-state index contributed by atoms with van der Waals surface area (Å²) in [6.07, 6.45) is 5.69. The van der Waals surface area contributed by atoms with Gasteiger partial charge in [-0.1, -0.05) is 0 Å². The summed E-state index contributed by atoms with van der Waals surface area (Å²) in [5.41, 5.74) is 0. The summed E-state index contributed by atoms with van der Waals surface area (Å²) in [5.74, 6) is 0.702. The maximum Gasteiger partial charge on any atom is 0.227 e. The topological polar surface area (TPSA) is 82.7 Å². The van der Waals surface area contributed by atoms with E-state index < -0.39 is 9.84 Å². The SMILES string of the molecule is CC(C)n1ncnc1Cn1ccnc1S(C)(=O)=O. The average molecular weight is 269 g/mol. The fourth-order valence-corrected chi connectivity index (χ4v) is 2.52. The van der Waals surface area contributed by atoms with E-state index in [1.807, 2.05) is 13.8 Å². The number of rotatable bonds is 4. The molecule has 18 heavy (non-hydrogen) atoms. The lowest BCUT2D eigenvalue weighted by Gasteiger charge is -2.10. The van der Waals surface area contributed by atoms with Crippen LogP contribution in [0.3, 0.4) is 0 Å². The van der Waals surface area contributed by atoms with Crippen LogP contribution in [0.4, 0.5) is 0 Å². The summed E-state index contributed by atoms with van der Waals surface area (Å²) in [4.78, 5) is 8.00. The van der Waals surface area contributed by atoms with Crippen molar-refractivity contribution >= 4 is 9.84 Å². The fraction of sp³-hybridized carbons (Fsp3) is 0.500. The van der Waals surface area contributed by atoms with E-state index in [4.69, 9.17) is 0 Å². The van der Waals surface area contributed by atoms with Gasteiger partial charge in [-0.2, -0.15) is 5.10 Å². The van der Waals surface area contributed by atoms with Gasteiger partial charge in [0.1, 0.15) is 12.2 Å². The molecule has 0 aliphatic heterocycles. The van der Waals surface area contributed by atoms with Crippen molar-refractivity contribution in [3.63, 3.8) is 0 Å². The molecule has 0 N–H and O–H groups in total. The smallest absolute Gasteiger partial charge is 0.227 e. The maximum absolute atomic E-state index is 11.5. The Bertz CT molecular complexity index is 641. The molecule has 0 bridgehead atoms. The molecule has 8 heteroatoms. The number of hydrogen-bond donors (Lipinski definition) is 0. The lowest BCUT2D eigenvalue weighted by atomic mass is 10.4. The Balaban J connectivity index is 2.36. The third-order valence-corrected chi connectivity index (χ3v) is 3.46. The van der Waals surface area contributed by atoms with E-state index in [1.165, 1.54) is 12.5 Å². The van der Waals surface area contributed by atoms with E-state index in [2.05, 4.69) is 15.1 Å². The molecular weight excluding hydrogens is 254 g/mol. The second-order valence-electron chi connectivity index (χ2n) is 4.32. The van der Waals surface area contributed by atoms with E-state index >= 15 is 0 Å². The molecule has 0 amide bonds. The van der Waals surface area contributed by atoms with Gasteiger partial charge in [-0.05, 0) is 13.8 Å². The predicted molar refractivity (Wildman–Crippen MR) is 64.8 cm³/mol. The number of aromatic nitrogens is 5. The second-order valence-corrected chi connectivity index (χ2v) is 6.23. The molecule has 0 aliphatic carbocycles. The van der Waals surface area contributed by atoms with E-state index in [0.717, 1.165) is 6.26 Å². The molecule has 0 saturated carbocycles. The summed E-state index contributed by atoms with van der Waals surface area (Å²) in [6.45, 7) is 4.31. The number of nitrogens with zero attached hydrogens (tertiary/aromatic N) is 5. The Kier molecular flexibility index (Phi) is 3.20. The van der Waals surface area contributed by atoms with Crippen molar-refractivity contribution in [2.24, 2.45) is 0 Å². The van der Waals surface area contributed by atoms with Gasteiger partial charge in [0.2, 0.25) is 15.0 Å². The predicted octanol–water partition coefficient (Wildman–Crippen LogP) is 0.507. The zero-order chi connectivity index (χ0) is 13.3. The highest BCUT2D eigenvalue weighted by molar-refractivity contribution is 7.90. The molecule has 0 aromatic carbocycles. The van der Waals surface area contributed by atoms with Crippen molar-refractivity contribution in [3.05, 3.63) is 24.5 Å². The Morgan fingerprint density at radius 3 is 2.67 bits per heavy atom. The van der Waals surface area contributed by atoms with Gasteiger partial charge in [-0.25, -0.2) is 23.1 Å². The zero-order valence-corrected chi connectivity index (χ0v) is 11.3. The van der Waals surface area contributed by atoms with Gasteiger partial charge in [0.15, 0.2) is 0 Å². The fourth-order valence-electron chi connectivity index (χ4n) is 1.72. The molecule has 0 saturated heterocycles. The molecule has 0 unspecified atom stereocenters. The van der Waals surface area contributed by atoms with Crippen molar-refractivity contribution in [1.29, 1.82) is 0 Å². The third kappa shape index (κ3) is 2.42. The highest BCUT2D eigenvalue weighted by Crippen LogP contribution is 2.11. The molecule has 0 atom stereocenters. The highest BCUT2D eigenvalue weighted by Gasteiger charge is 2.16. The molecule has 2 heterocycles. The van der Waals surface area contributed by atoms with Crippen LogP contribution in [0.2, 0.25) is 0 Å².